The van der Waals surface area contributed by atoms with E-state index >= 15 is 0 Å². The number of aliphatic hydroxyl groups is 1. The van der Waals surface area contributed by atoms with E-state index in [4.69, 9.17) is 4.74 Å². The van der Waals surface area contributed by atoms with Crippen LogP contribution >= 0.6 is 0 Å². The van der Waals surface area contributed by atoms with Crippen LogP contribution in [0.3, 0.4) is 0 Å². The van der Waals surface area contributed by atoms with Gasteiger partial charge < -0.3 is 9.84 Å². The summed E-state index contributed by atoms with van der Waals surface area (Å²) in [7, 11) is -3.56. The first-order valence-electron chi connectivity index (χ1n) is 6.30. The molecule has 0 bridgehead atoms. The van der Waals surface area contributed by atoms with Gasteiger partial charge in [-0.3, -0.25) is 0 Å². The fraction of sp³-hybridized carbons (Fsp3) is 1.00. The highest BCUT2D eigenvalue weighted by Gasteiger charge is 2.32. The molecule has 18 heavy (non-hydrogen) atoms. The van der Waals surface area contributed by atoms with Gasteiger partial charge in [0.05, 0.1) is 18.8 Å². The Morgan fingerprint density at radius 1 is 1.33 bits per heavy atom. The van der Waals surface area contributed by atoms with Crippen molar-refractivity contribution in [3.63, 3.8) is 0 Å². The number of ether oxygens (including phenoxy) is 1. The molecule has 0 amide bonds. The van der Waals surface area contributed by atoms with Gasteiger partial charge in [-0.1, -0.05) is 13.8 Å². The molecule has 0 aromatic heterocycles. The van der Waals surface area contributed by atoms with Gasteiger partial charge in [-0.15, -0.1) is 0 Å². The number of morpholine rings is 1. The van der Waals surface area contributed by atoms with Crippen LogP contribution in [0.4, 0.5) is 0 Å². The molecule has 1 aliphatic heterocycles. The number of nitrogens with zero attached hydrogens (tertiary/aromatic N) is 1. The highest BCUT2D eigenvalue weighted by molar-refractivity contribution is 7.87. The van der Waals surface area contributed by atoms with Crippen molar-refractivity contribution in [2.75, 3.05) is 19.7 Å². The number of hydrogen-bond donors (Lipinski definition) is 2. The molecule has 0 radical (unpaired) electrons. The minimum absolute atomic E-state index is 0.0423. The Kier molecular flexibility index (Phi) is 5.54. The molecule has 0 aromatic rings. The van der Waals surface area contributed by atoms with Crippen LogP contribution < -0.4 is 4.72 Å². The van der Waals surface area contributed by atoms with E-state index in [1.807, 2.05) is 27.7 Å². The van der Waals surface area contributed by atoms with Crippen molar-refractivity contribution >= 4 is 10.2 Å². The van der Waals surface area contributed by atoms with Gasteiger partial charge in [0.2, 0.25) is 0 Å². The zero-order valence-electron chi connectivity index (χ0n) is 11.5. The molecule has 2 N–H and O–H groups in total. The summed E-state index contributed by atoms with van der Waals surface area (Å²) in [5.41, 5.74) is 0. The topological polar surface area (TPSA) is 78.9 Å². The molecule has 0 saturated carbocycles. The molecular formula is C11H24N2O4S. The van der Waals surface area contributed by atoms with Crippen molar-refractivity contribution < 1.29 is 18.3 Å². The Morgan fingerprint density at radius 3 is 2.22 bits per heavy atom. The largest absolute Gasteiger partial charge is 0.395 e. The van der Waals surface area contributed by atoms with Crippen LogP contribution in [0.5, 0.6) is 0 Å². The summed E-state index contributed by atoms with van der Waals surface area (Å²) in [5.74, 6) is 0.0423. The quantitative estimate of drug-likeness (QED) is 0.740. The Hall–Kier alpha value is -0.210. The lowest BCUT2D eigenvalue weighted by molar-refractivity contribution is -0.0445. The van der Waals surface area contributed by atoms with Crippen molar-refractivity contribution in [1.82, 2.24) is 9.03 Å². The second-order valence-electron chi connectivity index (χ2n) is 5.23. The molecule has 3 unspecified atom stereocenters. The SMILES string of the molecule is CC1CN(S(=O)(=O)NC(CO)C(C)C)CC(C)O1. The maximum Gasteiger partial charge on any atom is 0.279 e. The molecule has 3 atom stereocenters. The molecule has 1 rings (SSSR count). The Bertz CT molecular complexity index is 348. The number of aliphatic hydroxyl groups excluding tert-OH is 1. The van der Waals surface area contributed by atoms with E-state index < -0.39 is 16.3 Å². The lowest BCUT2D eigenvalue weighted by atomic mass is 10.1. The highest BCUT2D eigenvalue weighted by Crippen LogP contribution is 2.14. The molecule has 108 valence electrons. The standard InChI is InChI=1S/C11H24N2O4S/c1-8(2)11(7-14)12-18(15,16)13-5-9(3)17-10(4)6-13/h8-12,14H,5-7H2,1-4H3. The molecule has 0 aliphatic carbocycles. The summed E-state index contributed by atoms with van der Waals surface area (Å²) in [5, 5.41) is 9.19. The molecule has 7 heteroatoms. The highest BCUT2D eigenvalue weighted by atomic mass is 32.2. The molecule has 0 spiro atoms. The first-order valence-corrected chi connectivity index (χ1v) is 7.74. The second kappa shape index (κ2) is 6.29. The molecule has 6 nitrogen and oxygen atoms in total. The molecule has 1 aliphatic rings. The van der Waals surface area contributed by atoms with Crippen LogP contribution in [0.1, 0.15) is 27.7 Å². The van der Waals surface area contributed by atoms with E-state index in [0.717, 1.165) is 0 Å². The van der Waals surface area contributed by atoms with Gasteiger partial charge in [-0.2, -0.15) is 17.4 Å². The predicted molar refractivity (Wildman–Crippen MR) is 69.3 cm³/mol. The maximum atomic E-state index is 12.2. The third-order valence-corrected chi connectivity index (χ3v) is 4.61. The van der Waals surface area contributed by atoms with Gasteiger partial charge in [-0.05, 0) is 19.8 Å². The van der Waals surface area contributed by atoms with E-state index in [-0.39, 0.29) is 24.7 Å². The van der Waals surface area contributed by atoms with Gasteiger partial charge in [0.25, 0.3) is 10.2 Å². The molecule has 1 saturated heterocycles. The Morgan fingerprint density at radius 2 is 1.83 bits per heavy atom. The fourth-order valence-electron chi connectivity index (χ4n) is 1.98. The third-order valence-electron chi connectivity index (χ3n) is 3.03. The van der Waals surface area contributed by atoms with Crippen LogP contribution in [0, 0.1) is 5.92 Å². The maximum absolute atomic E-state index is 12.2. The van der Waals surface area contributed by atoms with Crippen molar-refractivity contribution in [3.8, 4) is 0 Å². The smallest absolute Gasteiger partial charge is 0.279 e. The van der Waals surface area contributed by atoms with Crippen LogP contribution in [0.25, 0.3) is 0 Å². The summed E-state index contributed by atoms with van der Waals surface area (Å²) in [6.07, 6.45) is -0.228. The third kappa shape index (κ3) is 4.17. The Balaban J connectivity index is 2.73. The number of nitrogens with one attached hydrogen (secondary N) is 1. The first kappa shape index (κ1) is 15.8. The van der Waals surface area contributed by atoms with Gasteiger partial charge in [0.1, 0.15) is 0 Å². The molecular weight excluding hydrogens is 256 g/mol. The summed E-state index contributed by atoms with van der Waals surface area (Å²) < 4.78 is 33.8. The van der Waals surface area contributed by atoms with Crippen LogP contribution in [-0.2, 0) is 14.9 Å². The molecule has 1 fully saturated rings. The van der Waals surface area contributed by atoms with E-state index in [9.17, 15) is 13.5 Å². The minimum atomic E-state index is -3.56. The monoisotopic (exact) mass is 280 g/mol. The summed E-state index contributed by atoms with van der Waals surface area (Å²) in [4.78, 5) is 0. The average Bonchev–Trinajstić information content (AvgIpc) is 2.24. The zero-order chi connectivity index (χ0) is 13.9. The van der Waals surface area contributed by atoms with Crippen LogP contribution in [0.2, 0.25) is 0 Å². The van der Waals surface area contributed by atoms with Gasteiger partial charge in [0, 0.05) is 19.1 Å². The number of rotatable bonds is 5. The van der Waals surface area contributed by atoms with E-state index in [1.165, 1.54) is 4.31 Å². The summed E-state index contributed by atoms with van der Waals surface area (Å²) in [6.45, 7) is 7.93. The normalized spacial score (nSPS) is 28.6. The second-order valence-corrected chi connectivity index (χ2v) is 6.93. The fourth-order valence-corrected chi connectivity index (χ4v) is 3.67. The zero-order valence-corrected chi connectivity index (χ0v) is 12.3. The predicted octanol–water partition coefficient (Wildman–Crippen LogP) is -0.0531. The lowest BCUT2D eigenvalue weighted by Gasteiger charge is -2.35. The average molecular weight is 280 g/mol. The van der Waals surface area contributed by atoms with E-state index in [0.29, 0.717) is 13.1 Å². The van der Waals surface area contributed by atoms with E-state index in [1.54, 1.807) is 0 Å². The molecule has 1 heterocycles. The Labute approximate surface area is 109 Å². The van der Waals surface area contributed by atoms with Crippen LogP contribution in [0.15, 0.2) is 0 Å². The van der Waals surface area contributed by atoms with Crippen molar-refractivity contribution in [2.24, 2.45) is 5.92 Å². The van der Waals surface area contributed by atoms with Gasteiger partial charge in [0.15, 0.2) is 0 Å². The van der Waals surface area contributed by atoms with Crippen molar-refractivity contribution in [1.29, 1.82) is 0 Å². The summed E-state index contributed by atoms with van der Waals surface area (Å²) >= 11 is 0. The molecule has 0 aromatic carbocycles. The van der Waals surface area contributed by atoms with Gasteiger partial charge in [-0.25, -0.2) is 0 Å². The first-order chi connectivity index (χ1) is 8.26. The summed E-state index contributed by atoms with van der Waals surface area (Å²) in [6, 6.07) is -0.455. The van der Waals surface area contributed by atoms with Crippen LogP contribution in [-0.4, -0.2) is 55.8 Å². The van der Waals surface area contributed by atoms with Gasteiger partial charge >= 0.3 is 0 Å². The van der Waals surface area contributed by atoms with E-state index in [2.05, 4.69) is 4.72 Å². The minimum Gasteiger partial charge on any atom is -0.395 e. The lowest BCUT2D eigenvalue weighted by Crippen LogP contribution is -2.55. The van der Waals surface area contributed by atoms with Crippen molar-refractivity contribution in [2.45, 2.75) is 45.9 Å². The number of hydrogen-bond acceptors (Lipinski definition) is 4. The van der Waals surface area contributed by atoms with Crippen molar-refractivity contribution in [3.05, 3.63) is 0 Å².